The van der Waals surface area contributed by atoms with Crippen LogP contribution in [0.4, 0.5) is 0 Å². The summed E-state index contributed by atoms with van der Waals surface area (Å²) >= 11 is 0. The van der Waals surface area contributed by atoms with Crippen molar-refractivity contribution in [2.75, 3.05) is 0 Å². The van der Waals surface area contributed by atoms with Crippen molar-refractivity contribution in [3.05, 3.63) is 53.2 Å². The molecule has 0 bridgehead atoms. The Morgan fingerprint density at radius 1 is 1.24 bits per heavy atom. The average Bonchev–Trinajstić information content (AvgIpc) is 2.37. The van der Waals surface area contributed by atoms with Crippen LogP contribution in [-0.2, 0) is 5.41 Å². The number of aromatic carboxylic acids is 1. The second-order valence-corrected chi connectivity index (χ2v) is 6.01. The molecule has 0 aliphatic rings. The number of ether oxygens (including phenoxy) is 1. The van der Waals surface area contributed by atoms with Crippen LogP contribution in [0.5, 0.6) is 11.6 Å². The van der Waals surface area contributed by atoms with E-state index in [0.717, 1.165) is 11.1 Å². The lowest BCUT2D eigenvalue weighted by Crippen LogP contribution is -2.13. The molecular weight excluding hydrogens is 266 g/mol. The predicted molar refractivity (Wildman–Crippen MR) is 81.1 cm³/mol. The number of benzene rings is 1. The maximum atomic E-state index is 11.2. The molecule has 4 heteroatoms. The molecule has 4 nitrogen and oxygen atoms in total. The number of hydrogen-bond acceptors (Lipinski definition) is 3. The number of carboxylic acids is 1. The van der Waals surface area contributed by atoms with Crippen molar-refractivity contribution in [1.82, 2.24) is 4.98 Å². The summed E-state index contributed by atoms with van der Waals surface area (Å²) in [5.74, 6) is -0.298. The largest absolute Gasteiger partial charge is 0.477 e. The number of aromatic nitrogens is 1. The van der Waals surface area contributed by atoms with Gasteiger partial charge in [0.05, 0.1) is 0 Å². The van der Waals surface area contributed by atoms with Crippen molar-refractivity contribution in [3.8, 4) is 11.6 Å². The van der Waals surface area contributed by atoms with E-state index in [4.69, 9.17) is 4.74 Å². The third-order valence-electron chi connectivity index (χ3n) is 3.15. The standard InChI is InChI=1S/C17H19NO3/c1-11-7-8-13(17(2,3)4)14(10-11)21-15-12(16(19)20)6-5-9-18-15/h5-10H,1-4H3,(H,19,20). The van der Waals surface area contributed by atoms with Gasteiger partial charge in [0.1, 0.15) is 11.3 Å². The lowest BCUT2D eigenvalue weighted by Gasteiger charge is -2.23. The van der Waals surface area contributed by atoms with Crippen molar-refractivity contribution in [1.29, 1.82) is 0 Å². The minimum Gasteiger partial charge on any atom is -0.477 e. The van der Waals surface area contributed by atoms with Gasteiger partial charge >= 0.3 is 5.97 Å². The van der Waals surface area contributed by atoms with Crippen LogP contribution in [0.2, 0.25) is 0 Å². The summed E-state index contributed by atoms with van der Waals surface area (Å²) in [6.07, 6.45) is 1.52. The Hall–Kier alpha value is -2.36. The van der Waals surface area contributed by atoms with Gasteiger partial charge in [-0.1, -0.05) is 32.9 Å². The Morgan fingerprint density at radius 3 is 2.57 bits per heavy atom. The molecule has 0 aliphatic carbocycles. The molecule has 0 radical (unpaired) electrons. The summed E-state index contributed by atoms with van der Waals surface area (Å²) < 4.78 is 5.82. The van der Waals surface area contributed by atoms with E-state index in [1.165, 1.54) is 12.3 Å². The van der Waals surface area contributed by atoms with Crippen LogP contribution >= 0.6 is 0 Å². The number of pyridine rings is 1. The summed E-state index contributed by atoms with van der Waals surface area (Å²) in [6, 6.07) is 8.99. The molecule has 1 N–H and O–H groups in total. The Labute approximate surface area is 124 Å². The lowest BCUT2D eigenvalue weighted by atomic mass is 9.86. The number of aryl methyl sites for hydroxylation is 1. The van der Waals surface area contributed by atoms with Gasteiger partial charge in [-0.2, -0.15) is 0 Å². The van der Waals surface area contributed by atoms with Crippen molar-refractivity contribution < 1.29 is 14.6 Å². The molecule has 1 aromatic carbocycles. The number of nitrogens with zero attached hydrogens (tertiary/aromatic N) is 1. The molecule has 0 unspecified atom stereocenters. The van der Waals surface area contributed by atoms with E-state index in [9.17, 15) is 9.90 Å². The van der Waals surface area contributed by atoms with Crippen molar-refractivity contribution in [3.63, 3.8) is 0 Å². The van der Waals surface area contributed by atoms with E-state index < -0.39 is 5.97 Å². The molecule has 2 rings (SSSR count). The van der Waals surface area contributed by atoms with Gasteiger partial charge < -0.3 is 9.84 Å². The maximum Gasteiger partial charge on any atom is 0.341 e. The zero-order chi connectivity index (χ0) is 15.6. The molecule has 0 atom stereocenters. The molecule has 0 saturated carbocycles. The molecule has 2 aromatic rings. The molecule has 0 amide bonds. The van der Waals surface area contributed by atoms with Crippen LogP contribution in [-0.4, -0.2) is 16.1 Å². The minimum atomic E-state index is -1.05. The zero-order valence-electron chi connectivity index (χ0n) is 12.7. The second kappa shape index (κ2) is 5.56. The first kappa shape index (κ1) is 15.0. The molecule has 0 saturated heterocycles. The van der Waals surface area contributed by atoms with E-state index in [1.54, 1.807) is 6.07 Å². The monoisotopic (exact) mass is 285 g/mol. The molecule has 0 spiro atoms. The van der Waals surface area contributed by atoms with Crippen LogP contribution < -0.4 is 4.74 Å². The first-order valence-corrected chi connectivity index (χ1v) is 6.76. The number of rotatable bonds is 3. The van der Waals surface area contributed by atoms with E-state index in [2.05, 4.69) is 25.8 Å². The zero-order valence-corrected chi connectivity index (χ0v) is 12.7. The van der Waals surface area contributed by atoms with Gasteiger partial charge in [-0.25, -0.2) is 9.78 Å². The van der Waals surface area contributed by atoms with Crippen LogP contribution in [0.25, 0.3) is 0 Å². The van der Waals surface area contributed by atoms with Crippen molar-refractivity contribution >= 4 is 5.97 Å². The topological polar surface area (TPSA) is 59.4 Å². The van der Waals surface area contributed by atoms with Gasteiger partial charge in [-0.05, 0) is 36.1 Å². The predicted octanol–water partition coefficient (Wildman–Crippen LogP) is 4.18. The van der Waals surface area contributed by atoms with Crippen LogP contribution in [0.15, 0.2) is 36.5 Å². The van der Waals surface area contributed by atoms with Gasteiger partial charge in [0.2, 0.25) is 5.88 Å². The summed E-state index contributed by atoms with van der Waals surface area (Å²) in [6.45, 7) is 8.22. The third-order valence-corrected chi connectivity index (χ3v) is 3.15. The van der Waals surface area contributed by atoms with Crippen LogP contribution in [0.3, 0.4) is 0 Å². The average molecular weight is 285 g/mol. The molecule has 0 aliphatic heterocycles. The Morgan fingerprint density at radius 2 is 1.95 bits per heavy atom. The van der Waals surface area contributed by atoms with Gasteiger partial charge in [0.15, 0.2) is 0 Å². The van der Waals surface area contributed by atoms with E-state index in [0.29, 0.717) is 5.75 Å². The van der Waals surface area contributed by atoms with Crippen LogP contribution in [0, 0.1) is 6.92 Å². The Balaban J connectivity index is 2.49. The molecular formula is C17H19NO3. The van der Waals surface area contributed by atoms with Gasteiger partial charge in [0.25, 0.3) is 0 Å². The van der Waals surface area contributed by atoms with E-state index in [-0.39, 0.29) is 16.9 Å². The van der Waals surface area contributed by atoms with Gasteiger partial charge in [-0.15, -0.1) is 0 Å². The Kier molecular flexibility index (Phi) is 3.98. The second-order valence-electron chi connectivity index (χ2n) is 6.01. The highest BCUT2D eigenvalue weighted by Crippen LogP contribution is 2.35. The number of hydrogen-bond donors (Lipinski definition) is 1. The van der Waals surface area contributed by atoms with Crippen LogP contribution in [0.1, 0.15) is 42.3 Å². The van der Waals surface area contributed by atoms with E-state index >= 15 is 0 Å². The maximum absolute atomic E-state index is 11.2. The summed E-state index contributed by atoms with van der Waals surface area (Å²) in [4.78, 5) is 15.3. The highest BCUT2D eigenvalue weighted by atomic mass is 16.5. The van der Waals surface area contributed by atoms with Gasteiger partial charge in [0, 0.05) is 11.8 Å². The molecule has 110 valence electrons. The summed E-state index contributed by atoms with van der Waals surface area (Å²) in [5.41, 5.74) is 2.00. The SMILES string of the molecule is Cc1ccc(C(C)(C)C)c(Oc2ncccc2C(=O)O)c1. The molecule has 0 fully saturated rings. The fraction of sp³-hybridized carbons (Fsp3) is 0.294. The van der Waals surface area contributed by atoms with Gasteiger partial charge in [-0.3, -0.25) is 0 Å². The number of carbonyl (C=O) groups is 1. The fourth-order valence-corrected chi connectivity index (χ4v) is 2.07. The molecule has 1 heterocycles. The highest BCUT2D eigenvalue weighted by Gasteiger charge is 2.21. The van der Waals surface area contributed by atoms with E-state index in [1.807, 2.05) is 25.1 Å². The third kappa shape index (κ3) is 3.40. The first-order valence-electron chi connectivity index (χ1n) is 6.76. The molecule has 1 aromatic heterocycles. The normalized spacial score (nSPS) is 11.2. The molecule has 21 heavy (non-hydrogen) atoms. The quantitative estimate of drug-likeness (QED) is 0.919. The number of carboxylic acid groups (broad SMARTS) is 1. The summed E-state index contributed by atoms with van der Waals surface area (Å²) in [7, 11) is 0. The Bertz CT molecular complexity index is 672. The lowest BCUT2D eigenvalue weighted by molar-refractivity contribution is 0.0693. The van der Waals surface area contributed by atoms with Crippen molar-refractivity contribution in [2.45, 2.75) is 33.1 Å². The minimum absolute atomic E-state index is 0.0545. The smallest absolute Gasteiger partial charge is 0.341 e. The summed E-state index contributed by atoms with van der Waals surface area (Å²) in [5, 5.41) is 9.21. The highest BCUT2D eigenvalue weighted by molar-refractivity contribution is 5.90. The fourth-order valence-electron chi connectivity index (χ4n) is 2.07. The van der Waals surface area contributed by atoms with Crippen molar-refractivity contribution in [2.24, 2.45) is 0 Å². The first-order chi connectivity index (χ1) is 9.79.